The van der Waals surface area contributed by atoms with Gasteiger partial charge in [0.05, 0.1) is 6.67 Å². The van der Waals surface area contributed by atoms with Crippen LogP contribution in [-0.4, -0.2) is 41.5 Å². The Balaban J connectivity index is 1.77. The van der Waals surface area contributed by atoms with Gasteiger partial charge in [0.2, 0.25) is 5.91 Å². The fraction of sp³-hybridized carbons (Fsp3) is 0.571. The van der Waals surface area contributed by atoms with Crippen molar-refractivity contribution in [2.24, 2.45) is 0 Å². The highest BCUT2D eigenvalue weighted by atomic mass is 32.1. The molecule has 1 N–H and O–H groups in total. The van der Waals surface area contributed by atoms with Crippen molar-refractivity contribution < 1.29 is 9.59 Å². The van der Waals surface area contributed by atoms with E-state index in [2.05, 4.69) is 28.6 Å². The van der Waals surface area contributed by atoms with Gasteiger partial charge >= 0.3 is 6.03 Å². The molecule has 6 heteroatoms. The maximum atomic E-state index is 11.9. The van der Waals surface area contributed by atoms with Crippen LogP contribution in [0.3, 0.4) is 0 Å². The minimum absolute atomic E-state index is 0.0697. The van der Waals surface area contributed by atoms with Gasteiger partial charge in [-0.3, -0.25) is 14.6 Å². The molecule has 0 bridgehead atoms. The zero-order chi connectivity index (χ0) is 14.1. The fourth-order valence-electron chi connectivity index (χ4n) is 3.04. The number of fused-ring (bicyclic) bond motifs is 1. The van der Waals surface area contributed by atoms with Crippen molar-refractivity contribution in [1.29, 1.82) is 0 Å². The minimum Gasteiger partial charge on any atom is -0.337 e. The Morgan fingerprint density at radius 1 is 1.40 bits per heavy atom. The summed E-state index contributed by atoms with van der Waals surface area (Å²) in [7, 11) is 0. The van der Waals surface area contributed by atoms with Gasteiger partial charge in [0.1, 0.15) is 0 Å². The van der Waals surface area contributed by atoms with E-state index in [0.717, 1.165) is 19.4 Å². The topological polar surface area (TPSA) is 52.6 Å². The molecule has 2 aliphatic heterocycles. The molecule has 1 aromatic heterocycles. The minimum atomic E-state index is -0.257. The molecule has 3 amide bonds. The maximum Gasteiger partial charge on any atom is 0.325 e. The van der Waals surface area contributed by atoms with Crippen molar-refractivity contribution >= 4 is 23.3 Å². The Labute approximate surface area is 122 Å². The van der Waals surface area contributed by atoms with Gasteiger partial charge in [0.15, 0.2) is 0 Å². The Bertz CT molecular complexity index is 512. The van der Waals surface area contributed by atoms with E-state index in [0.29, 0.717) is 25.7 Å². The second kappa shape index (κ2) is 5.54. The van der Waals surface area contributed by atoms with Crippen LogP contribution < -0.4 is 5.32 Å². The third kappa shape index (κ3) is 2.33. The van der Waals surface area contributed by atoms with Crippen LogP contribution in [0.5, 0.6) is 0 Å². The molecule has 2 aliphatic rings. The van der Waals surface area contributed by atoms with Crippen molar-refractivity contribution in [3.63, 3.8) is 0 Å². The lowest BCUT2D eigenvalue weighted by molar-refractivity contribution is -0.131. The van der Waals surface area contributed by atoms with E-state index in [1.807, 2.05) is 11.3 Å². The number of urea groups is 1. The van der Waals surface area contributed by atoms with Gasteiger partial charge in [-0.15, -0.1) is 11.3 Å². The highest BCUT2D eigenvalue weighted by molar-refractivity contribution is 7.10. The maximum absolute atomic E-state index is 11.9. The second-order valence-electron chi connectivity index (χ2n) is 5.23. The van der Waals surface area contributed by atoms with E-state index in [9.17, 15) is 9.59 Å². The van der Waals surface area contributed by atoms with Crippen LogP contribution in [0.25, 0.3) is 0 Å². The molecule has 108 valence electrons. The first-order valence-electron chi connectivity index (χ1n) is 7.09. The second-order valence-corrected chi connectivity index (χ2v) is 6.23. The summed E-state index contributed by atoms with van der Waals surface area (Å²) in [6.07, 6.45) is 2.40. The molecule has 20 heavy (non-hydrogen) atoms. The average molecular weight is 293 g/mol. The third-order valence-corrected chi connectivity index (χ3v) is 5.07. The molecule has 0 spiro atoms. The smallest absolute Gasteiger partial charge is 0.325 e. The molecule has 1 saturated heterocycles. The molecule has 0 saturated carbocycles. The number of carbonyl (C=O) groups excluding carboxylic acids is 2. The monoisotopic (exact) mass is 293 g/mol. The first kappa shape index (κ1) is 13.6. The largest absolute Gasteiger partial charge is 0.337 e. The van der Waals surface area contributed by atoms with Gasteiger partial charge < -0.3 is 5.32 Å². The summed E-state index contributed by atoms with van der Waals surface area (Å²) in [5.74, 6) is -0.0697. The van der Waals surface area contributed by atoms with Crippen molar-refractivity contribution in [2.75, 3.05) is 19.8 Å². The number of rotatable bonds is 3. The molecular formula is C14H19N3O2S. The summed E-state index contributed by atoms with van der Waals surface area (Å²) in [5.41, 5.74) is 1.37. The number of nitrogens with one attached hydrogen (secondary N) is 1. The molecule has 3 heterocycles. The number of amides is 3. The van der Waals surface area contributed by atoms with Gasteiger partial charge in [0.25, 0.3) is 0 Å². The molecule has 3 rings (SSSR count). The SMILES string of the molecule is CC[C@@H]1c2ccsc2CCN1CN1C(=O)CCNC1=O. The van der Waals surface area contributed by atoms with Crippen molar-refractivity contribution in [2.45, 2.75) is 32.2 Å². The molecule has 1 aromatic rings. The molecule has 5 nitrogen and oxygen atoms in total. The van der Waals surface area contributed by atoms with Crippen LogP contribution in [0.15, 0.2) is 11.4 Å². The number of thiophene rings is 1. The Morgan fingerprint density at radius 3 is 3.00 bits per heavy atom. The van der Waals surface area contributed by atoms with Crippen molar-refractivity contribution in [3.05, 3.63) is 21.9 Å². The van der Waals surface area contributed by atoms with Gasteiger partial charge in [-0.05, 0) is 29.9 Å². The summed E-state index contributed by atoms with van der Waals surface area (Å²) in [5, 5.41) is 4.88. The van der Waals surface area contributed by atoms with Gasteiger partial charge in [-0.1, -0.05) is 6.92 Å². The van der Waals surface area contributed by atoms with Crippen molar-refractivity contribution in [3.8, 4) is 0 Å². The molecule has 0 aromatic carbocycles. The fourth-order valence-corrected chi connectivity index (χ4v) is 3.97. The zero-order valence-corrected chi connectivity index (χ0v) is 12.4. The molecular weight excluding hydrogens is 274 g/mol. The number of imide groups is 1. The Morgan fingerprint density at radius 2 is 2.25 bits per heavy atom. The van der Waals surface area contributed by atoms with Crippen LogP contribution in [-0.2, 0) is 11.2 Å². The molecule has 1 fully saturated rings. The lowest BCUT2D eigenvalue weighted by Gasteiger charge is -2.39. The van der Waals surface area contributed by atoms with Crippen LogP contribution in [0, 0.1) is 0 Å². The predicted molar refractivity (Wildman–Crippen MR) is 77.5 cm³/mol. The van der Waals surface area contributed by atoms with Crippen LogP contribution in [0.4, 0.5) is 4.79 Å². The van der Waals surface area contributed by atoms with Crippen LogP contribution in [0.1, 0.15) is 36.2 Å². The van der Waals surface area contributed by atoms with E-state index >= 15 is 0 Å². The van der Waals surface area contributed by atoms with E-state index in [1.165, 1.54) is 15.3 Å². The lowest BCUT2D eigenvalue weighted by Crippen LogP contribution is -2.54. The summed E-state index contributed by atoms with van der Waals surface area (Å²) >= 11 is 1.81. The van der Waals surface area contributed by atoms with Crippen LogP contribution in [0.2, 0.25) is 0 Å². The van der Waals surface area contributed by atoms with Crippen molar-refractivity contribution in [1.82, 2.24) is 15.1 Å². The number of carbonyl (C=O) groups is 2. The highest BCUT2D eigenvalue weighted by Crippen LogP contribution is 2.35. The summed E-state index contributed by atoms with van der Waals surface area (Å²) in [6, 6.07) is 2.23. The Kier molecular flexibility index (Phi) is 3.76. The first-order valence-corrected chi connectivity index (χ1v) is 7.97. The van der Waals surface area contributed by atoms with E-state index in [-0.39, 0.29) is 11.9 Å². The lowest BCUT2D eigenvalue weighted by atomic mass is 9.98. The summed E-state index contributed by atoms with van der Waals surface area (Å²) < 4.78 is 0. The first-order chi connectivity index (χ1) is 9.70. The predicted octanol–water partition coefficient (Wildman–Crippen LogP) is 1.96. The standard InChI is InChI=1S/C14H19N3O2S/c1-2-11-10-5-8-20-12(10)4-7-16(11)9-17-13(18)3-6-15-14(17)19/h5,8,11H,2-4,6-7,9H2,1H3,(H,15,19)/t11-/m1/s1. The number of nitrogens with zero attached hydrogens (tertiary/aromatic N) is 2. The zero-order valence-electron chi connectivity index (χ0n) is 11.6. The highest BCUT2D eigenvalue weighted by Gasteiger charge is 2.32. The summed E-state index contributed by atoms with van der Waals surface area (Å²) in [4.78, 5) is 28.8. The number of hydrogen-bond acceptors (Lipinski definition) is 4. The van der Waals surface area contributed by atoms with E-state index in [4.69, 9.17) is 0 Å². The average Bonchev–Trinajstić information content (AvgIpc) is 2.91. The molecule has 0 aliphatic carbocycles. The molecule has 0 unspecified atom stereocenters. The number of hydrogen-bond donors (Lipinski definition) is 1. The van der Waals surface area contributed by atoms with Gasteiger partial charge in [-0.25, -0.2) is 4.79 Å². The molecule has 1 atom stereocenters. The van der Waals surface area contributed by atoms with E-state index < -0.39 is 0 Å². The van der Waals surface area contributed by atoms with Gasteiger partial charge in [-0.2, -0.15) is 0 Å². The summed E-state index contributed by atoms with van der Waals surface area (Å²) in [6.45, 7) is 3.92. The normalized spacial score (nSPS) is 23.6. The van der Waals surface area contributed by atoms with E-state index in [1.54, 1.807) is 0 Å². The van der Waals surface area contributed by atoms with Gasteiger partial charge in [0, 0.05) is 30.4 Å². The quantitative estimate of drug-likeness (QED) is 0.927. The molecule has 0 radical (unpaired) electrons. The Hall–Kier alpha value is -1.40. The third-order valence-electron chi connectivity index (χ3n) is 4.08. The van der Waals surface area contributed by atoms with Crippen LogP contribution >= 0.6 is 11.3 Å².